The van der Waals surface area contributed by atoms with Gasteiger partial charge in [-0.15, -0.1) is 0 Å². The molecule has 1 aromatic carbocycles. The predicted octanol–water partition coefficient (Wildman–Crippen LogP) is 2.38. The predicted molar refractivity (Wildman–Crippen MR) is 66.9 cm³/mol. The molecule has 0 unspecified atom stereocenters. The summed E-state index contributed by atoms with van der Waals surface area (Å²) >= 11 is 0. The number of benzene rings is 1. The van der Waals surface area contributed by atoms with Crippen molar-refractivity contribution in [1.29, 1.82) is 5.26 Å². The fourth-order valence-corrected chi connectivity index (χ4v) is 2.50. The van der Waals surface area contributed by atoms with Crippen LogP contribution in [0.2, 0.25) is 0 Å². The Hall–Kier alpha value is -2.54. The number of nitriles is 1. The molecule has 3 rings (SSSR count). The average Bonchev–Trinajstić information content (AvgIpc) is 2.88. The van der Waals surface area contributed by atoms with Gasteiger partial charge in [0.25, 0.3) is 0 Å². The molecule has 0 fully saturated rings. The lowest BCUT2D eigenvalue weighted by Crippen LogP contribution is -1.96. The molecule has 2 aromatic rings. The third-order valence-corrected chi connectivity index (χ3v) is 3.22. The normalized spacial score (nSPS) is 15.8. The van der Waals surface area contributed by atoms with Crippen LogP contribution in [0.15, 0.2) is 30.3 Å². The van der Waals surface area contributed by atoms with Gasteiger partial charge in [-0.05, 0) is 31.0 Å². The molecule has 1 aliphatic rings. The fraction of sp³-hybridized carbons (Fsp3) is 0.143. The lowest BCUT2D eigenvalue weighted by Gasteiger charge is -2.04. The van der Waals surface area contributed by atoms with Crippen LogP contribution in [0, 0.1) is 11.3 Å². The van der Waals surface area contributed by atoms with Crippen LogP contribution in [-0.4, -0.2) is 15.6 Å². The molecular weight excluding hydrogens is 228 g/mol. The first-order chi connectivity index (χ1) is 8.69. The summed E-state index contributed by atoms with van der Waals surface area (Å²) in [6.45, 7) is 0. The van der Waals surface area contributed by atoms with Crippen LogP contribution in [0.3, 0.4) is 0 Å². The van der Waals surface area contributed by atoms with Crippen molar-refractivity contribution in [3.8, 4) is 6.07 Å². The minimum absolute atomic E-state index is 0.588. The van der Waals surface area contributed by atoms with E-state index in [1.54, 1.807) is 12.1 Å². The van der Waals surface area contributed by atoms with E-state index in [-0.39, 0.29) is 0 Å². The molecular formula is C14H10N2O2. The van der Waals surface area contributed by atoms with Crippen LogP contribution in [0.4, 0.5) is 0 Å². The standard InChI is InChI=1S/C14H10N2O2/c15-8-9-1-2-10-6-11-3-4-12(7-14(17)18)16(11)13(10)5-9/h1-2,5-7H,3-4H2,(H,17,18). The van der Waals surface area contributed by atoms with Crippen LogP contribution in [0.5, 0.6) is 0 Å². The summed E-state index contributed by atoms with van der Waals surface area (Å²) in [6, 6.07) is 9.64. The van der Waals surface area contributed by atoms with Crippen molar-refractivity contribution in [2.24, 2.45) is 0 Å². The molecule has 4 nitrogen and oxygen atoms in total. The second kappa shape index (κ2) is 3.74. The maximum Gasteiger partial charge on any atom is 0.330 e. The molecule has 4 heteroatoms. The number of aromatic nitrogens is 1. The van der Waals surface area contributed by atoms with Gasteiger partial charge < -0.3 is 9.67 Å². The smallest absolute Gasteiger partial charge is 0.330 e. The van der Waals surface area contributed by atoms with E-state index in [1.807, 2.05) is 10.6 Å². The van der Waals surface area contributed by atoms with Gasteiger partial charge in [0.2, 0.25) is 0 Å². The third-order valence-electron chi connectivity index (χ3n) is 3.22. The minimum atomic E-state index is -0.934. The Morgan fingerprint density at radius 3 is 2.94 bits per heavy atom. The van der Waals surface area contributed by atoms with E-state index >= 15 is 0 Å². The molecule has 1 aliphatic heterocycles. The van der Waals surface area contributed by atoms with E-state index in [9.17, 15) is 4.79 Å². The second-order valence-electron chi connectivity index (χ2n) is 4.33. The van der Waals surface area contributed by atoms with Gasteiger partial charge in [0.1, 0.15) is 0 Å². The van der Waals surface area contributed by atoms with Crippen LogP contribution in [0.1, 0.15) is 17.7 Å². The minimum Gasteiger partial charge on any atom is -0.478 e. The zero-order valence-corrected chi connectivity index (χ0v) is 9.55. The van der Waals surface area contributed by atoms with E-state index in [0.717, 1.165) is 35.1 Å². The molecule has 0 aliphatic carbocycles. The number of nitrogens with zero attached hydrogens (tertiary/aromatic N) is 2. The zero-order valence-electron chi connectivity index (χ0n) is 9.55. The lowest BCUT2D eigenvalue weighted by molar-refractivity contribution is -0.131. The van der Waals surface area contributed by atoms with E-state index < -0.39 is 5.97 Å². The Labute approximate surface area is 103 Å². The van der Waals surface area contributed by atoms with Gasteiger partial charge in [-0.3, -0.25) is 0 Å². The highest BCUT2D eigenvalue weighted by atomic mass is 16.4. The maximum atomic E-state index is 10.8. The second-order valence-corrected chi connectivity index (χ2v) is 4.33. The molecule has 18 heavy (non-hydrogen) atoms. The number of carboxylic acids is 1. The summed E-state index contributed by atoms with van der Waals surface area (Å²) in [6.07, 6.45) is 2.82. The van der Waals surface area contributed by atoms with Crippen LogP contribution >= 0.6 is 0 Å². The summed E-state index contributed by atoms with van der Waals surface area (Å²) in [5, 5.41) is 18.8. The molecule has 1 aromatic heterocycles. The molecule has 88 valence electrons. The maximum absolute atomic E-state index is 10.8. The number of carbonyl (C=O) groups is 1. The number of carboxylic acid groups (broad SMARTS) is 1. The number of fused-ring (bicyclic) bond motifs is 3. The summed E-state index contributed by atoms with van der Waals surface area (Å²) in [5.41, 5.74) is 3.38. The highest BCUT2D eigenvalue weighted by Crippen LogP contribution is 2.32. The molecule has 0 atom stereocenters. The molecule has 0 saturated heterocycles. The monoisotopic (exact) mass is 238 g/mol. The first-order valence-electron chi connectivity index (χ1n) is 5.67. The van der Waals surface area contributed by atoms with Crippen molar-refractivity contribution in [2.75, 3.05) is 0 Å². The van der Waals surface area contributed by atoms with Crippen LogP contribution < -0.4 is 0 Å². The van der Waals surface area contributed by atoms with Crippen molar-refractivity contribution in [3.05, 3.63) is 41.6 Å². The molecule has 0 spiro atoms. The molecule has 1 N–H and O–H groups in total. The van der Waals surface area contributed by atoms with Crippen LogP contribution in [-0.2, 0) is 11.2 Å². The number of aryl methyl sites for hydroxylation is 1. The van der Waals surface area contributed by atoms with Gasteiger partial charge in [-0.1, -0.05) is 6.07 Å². The van der Waals surface area contributed by atoms with Gasteiger partial charge in [0, 0.05) is 22.9 Å². The fourth-order valence-electron chi connectivity index (χ4n) is 2.50. The van der Waals surface area contributed by atoms with Gasteiger partial charge in [-0.25, -0.2) is 4.79 Å². The van der Waals surface area contributed by atoms with Crippen molar-refractivity contribution < 1.29 is 9.90 Å². The van der Waals surface area contributed by atoms with Crippen LogP contribution in [0.25, 0.3) is 16.6 Å². The average molecular weight is 238 g/mol. The molecule has 2 heterocycles. The zero-order chi connectivity index (χ0) is 12.7. The Bertz CT molecular complexity index is 732. The highest BCUT2D eigenvalue weighted by Gasteiger charge is 2.19. The summed E-state index contributed by atoms with van der Waals surface area (Å²) in [7, 11) is 0. The van der Waals surface area contributed by atoms with Gasteiger partial charge in [-0.2, -0.15) is 5.26 Å². The van der Waals surface area contributed by atoms with Gasteiger partial charge in [0.15, 0.2) is 0 Å². The van der Waals surface area contributed by atoms with E-state index in [4.69, 9.17) is 10.4 Å². The topological polar surface area (TPSA) is 66.0 Å². The van der Waals surface area contributed by atoms with Crippen molar-refractivity contribution in [2.45, 2.75) is 12.8 Å². The molecule has 0 saturated carbocycles. The highest BCUT2D eigenvalue weighted by molar-refractivity contribution is 5.92. The Balaban J connectivity index is 2.28. The van der Waals surface area contributed by atoms with Crippen molar-refractivity contribution in [1.82, 2.24) is 4.57 Å². The van der Waals surface area contributed by atoms with Crippen molar-refractivity contribution in [3.63, 3.8) is 0 Å². The van der Waals surface area contributed by atoms with Gasteiger partial charge >= 0.3 is 5.97 Å². The quantitative estimate of drug-likeness (QED) is 0.775. The molecule has 0 radical (unpaired) electrons. The summed E-state index contributed by atoms with van der Waals surface area (Å²) in [5.74, 6) is -0.934. The summed E-state index contributed by atoms with van der Waals surface area (Å²) in [4.78, 5) is 10.8. The van der Waals surface area contributed by atoms with Gasteiger partial charge in [0.05, 0.1) is 17.1 Å². The van der Waals surface area contributed by atoms with E-state index in [1.165, 1.54) is 6.08 Å². The SMILES string of the molecule is N#Cc1ccc2cc3n(c2c1)C(=CC(=O)O)CC3. The number of allylic oxidation sites excluding steroid dienone is 1. The van der Waals surface area contributed by atoms with Crippen molar-refractivity contribution >= 4 is 22.6 Å². The first-order valence-corrected chi connectivity index (χ1v) is 5.67. The Morgan fingerprint density at radius 1 is 1.39 bits per heavy atom. The Morgan fingerprint density at radius 2 is 2.22 bits per heavy atom. The Kier molecular flexibility index (Phi) is 2.20. The number of aliphatic carboxylic acids is 1. The number of hydrogen-bond acceptors (Lipinski definition) is 2. The molecule has 0 amide bonds. The lowest BCUT2D eigenvalue weighted by atomic mass is 10.1. The molecule has 0 bridgehead atoms. The number of hydrogen-bond donors (Lipinski definition) is 1. The first kappa shape index (κ1) is 10.6. The van der Waals surface area contributed by atoms with E-state index in [0.29, 0.717) is 5.56 Å². The summed E-state index contributed by atoms with van der Waals surface area (Å²) < 4.78 is 1.95. The third kappa shape index (κ3) is 1.49. The van der Waals surface area contributed by atoms with E-state index in [2.05, 4.69) is 12.1 Å². The largest absolute Gasteiger partial charge is 0.478 e. The number of rotatable bonds is 1.